The summed E-state index contributed by atoms with van der Waals surface area (Å²) >= 11 is 3.60. The lowest BCUT2D eigenvalue weighted by Gasteiger charge is -2.28. The molecule has 0 radical (unpaired) electrons. The summed E-state index contributed by atoms with van der Waals surface area (Å²) in [6, 6.07) is 10.3. The molecular formula is C10H15BrN2. The number of hydrazine groups is 1. The Hall–Kier alpha value is -0.380. The number of halogens is 1. The summed E-state index contributed by atoms with van der Waals surface area (Å²) in [5.41, 5.74) is 4.00. The molecule has 0 aliphatic rings. The average molecular weight is 243 g/mol. The number of benzene rings is 1. The highest BCUT2D eigenvalue weighted by Crippen LogP contribution is 2.31. The molecule has 1 aromatic carbocycles. The van der Waals surface area contributed by atoms with Crippen molar-refractivity contribution in [2.45, 2.75) is 24.2 Å². The van der Waals surface area contributed by atoms with E-state index < -0.39 is 0 Å². The minimum atomic E-state index is -0.0525. The van der Waals surface area contributed by atoms with Gasteiger partial charge in [-0.2, -0.15) is 0 Å². The zero-order valence-electron chi connectivity index (χ0n) is 7.92. The van der Waals surface area contributed by atoms with Crippen LogP contribution in [0.5, 0.6) is 0 Å². The minimum absolute atomic E-state index is 0.0525. The summed E-state index contributed by atoms with van der Waals surface area (Å²) in [5.74, 6) is 5.51. The van der Waals surface area contributed by atoms with E-state index in [1.54, 1.807) is 0 Å². The molecule has 2 nitrogen and oxygen atoms in total. The molecule has 0 aliphatic heterocycles. The second-order valence-electron chi connectivity index (χ2n) is 3.57. The summed E-state index contributed by atoms with van der Waals surface area (Å²) in [5, 5.41) is 0. The van der Waals surface area contributed by atoms with E-state index in [1.807, 2.05) is 18.2 Å². The first-order chi connectivity index (χ1) is 6.05. The van der Waals surface area contributed by atoms with E-state index in [9.17, 15) is 0 Å². The number of hydrogen-bond acceptors (Lipinski definition) is 2. The van der Waals surface area contributed by atoms with E-state index in [0.29, 0.717) is 0 Å². The Balaban J connectivity index is 2.92. The normalized spacial score (nSPS) is 14.2. The standard InChI is InChI=1S/C10H15BrN2/c1-10(2,11)9(13-12)8-6-4-3-5-7-8/h3-7,9,13H,12H2,1-2H3/t9-/m1/s1. The zero-order chi connectivity index (χ0) is 9.90. The first-order valence-electron chi connectivity index (χ1n) is 4.25. The van der Waals surface area contributed by atoms with Crippen LogP contribution < -0.4 is 11.3 Å². The van der Waals surface area contributed by atoms with Crippen LogP contribution in [0.3, 0.4) is 0 Å². The van der Waals surface area contributed by atoms with Crippen LogP contribution in [-0.4, -0.2) is 4.32 Å². The molecule has 0 amide bonds. The van der Waals surface area contributed by atoms with Gasteiger partial charge in [-0.1, -0.05) is 46.3 Å². The first-order valence-corrected chi connectivity index (χ1v) is 5.05. The van der Waals surface area contributed by atoms with Gasteiger partial charge in [0.2, 0.25) is 0 Å². The molecule has 1 rings (SSSR count). The van der Waals surface area contributed by atoms with Gasteiger partial charge in [-0.3, -0.25) is 11.3 Å². The monoisotopic (exact) mass is 242 g/mol. The molecular weight excluding hydrogens is 228 g/mol. The van der Waals surface area contributed by atoms with Crippen LogP contribution in [0.4, 0.5) is 0 Å². The zero-order valence-corrected chi connectivity index (χ0v) is 9.51. The molecule has 0 spiro atoms. The maximum atomic E-state index is 5.51. The van der Waals surface area contributed by atoms with Crippen molar-refractivity contribution in [1.82, 2.24) is 5.43 Å². The van der Waals surface area contributed by atoms with Gasteiger partial charge < -0.3 is 0 Å². The summed E-state index contributed by atoms with van der Waals surface area (Å²) in [4.78, 5) is 0. The predicted molar refractivity (Wildman–Crippen MR) is 59.5 cm³/mol. The molecule has 1 aromatic rings. The molecule has 13 heavy (non-hydrogen) atoms. The molecule has 0 aromatic heterocycles. The molecule has 0 saturated carbocycles. The van der Waals surface area contributed by atoms with Gasteiger partial charge in [0.15, 0.2) is 0 Å². The number of rotatable bonds is 3. The van der Waals surface area contributed by atoms with E-state index in [0.717, 1.165) is 0 Å². The quantitative estimate of drug-likeness (QED) is 0.486. The SMILES string of the molecule is CC(C)(Br)[C@H](NN)c1ccccc1. The molecule has 1 atom stereocenters. The van der Waals surface area contributed by atoms with Crippen molar-refractivity contribution in [3.05, 3.63) is 35.9 Å². The van der Waals surface area contributed by atoms with Crippen molar-refractivity contribution >= 4 is 15.9 Å². The first kappa shape index (κ1) is 10.7. The van der Waals surface area contributed by atoms with Crippen molar-refractivity contribution in [1.29, 1.82) is 0 Å². The van der Waals surface area contributed by atoms with Crippen LogP contribution >= 0.6 is 15.9 Å². The van der Waals surface area contributed by atoms with Crippen molar-refractivity contribution < 1.29 is 0 Å². The average Bonchev–Trinajstić information content (AvgIpc) is 2.05. The molecule has 0 saturated heterocycles. The predicted octanol–water partition coefficient (Wildman–Crippen LogP) is 2.36. The van der Waals surface area contributed by atoms with Crippen LogP contribution in [0.1, 0.15) is 25.5 Å². The highest BCUT2D eigenvalue weighted by molar-refractivity contribution is 9.10. The molecule has 0 unspecified atom stereocenters. The fourth-order valence-corrected chi connectivity index (χ4v) is 1.73. The second-order valence-corrected chi connectivity index (χ2v) is 5.62. The number of nitrogens with two attached hydrogens (primary N) is 1. The van der Waals surface area contributed by atoms with Crippen molar-refractivity contribution in [3.63, 3.8) is 0 Å². The van der Waals surface area contributed by atoms with Crippen LogP contribution in [0.15, 0.2) is 30.3 Å². The van der Waals surface area contributed by atoms with E-state index in [2.05, 4.69) is 47.3 Å². The largest absolute Gasteiger partial charge is 0.271 e. The van der Waals surface area contributed by atoms with Crippen LogP contribution in [-0.2, 0) is 0 Å². The van der Waals surface area contributed by atoms with Gasteiger partial charge in [-0.25, -0.2) is 0 Å². The molecule has 72 valence electrons. The van der Waals surface area contributed by atoms with Gasteiger partial charge in [0.25, 0.3) is 0 Å². The third-order valence-corrected chi connectivity index (χ3v) is 2.44. The lowest BCUT2D eigenvalue weighted by atomic mass is 9.97. The van der Waals surface area contributed by atoms with Gasteiger partial charge in [-0.15, -0.1) is 0 Å². The Bertz CT molecular complexity index is 253. The number of alkyl halides is 1. The molecule has 0 aliphatic carbocycles. The van der Waals surface area contributed by atoms with Crippen molar-refractivity contribution in [3.8, 4) is 0 Å². The van der Waals surface area contributed by atoms with E-state index in [-0.39, 0.29) is 10.4 Å². The fourth-order valence-electron chi connectivity index (χ4n) is 1.34. The molecule has 3 N–H and O–H groups in total. The Morgan fingerprint density at radius 2 is 1.85 bits per heavy atom. The third-order valence-electron chi connectivity index (χ3n) is 1.99. The molecule has 3 heteroatoms. The molecule has 0 fully saturated rings. The highest BCUT2D eigenvalue weighted by Gasteiger charge is 2.26. The Morgan fingerprint density at radius 1 is 1.31 bits per heavy atom. The van der Waals surface area contributed by atoms with Crippen LogP contribution in [0.2, 0.25) is 0 Å². The van der Waals surface area contributed by atoms with Gasteiger partial charge in [0.05, 0.1) is 6.04 Å². The smallest absolute Gasteiger partial charge is 0.0607 e. The minimum Gasteiger partial charge on any atom is -0.271 e. The fraction of sp³-hybridized carbons (Fsp3) is 0.400. The summed E-state index contributed by atoms with van der Waals surface area (Å²) in [7, 11) is 0. The lowest BCUT2D eigenvalue weighted by Crippen LogP contribution is -2.38. The van der Waals surface area contributed by atoms with Crippen LogP contribution in [0.25, 0.3) is 0 Å². The van der Waals surface area contributed by atoms with E-state index in [1.165, 1.54) is 5.56 Å². The van der Waals surface area contributed by atoms with Crippen molar-refractivity contribution in [2.75, 3.05) is 0 Å². The Kier molecular flexibility index (Phi) is 3.47. The van der Waals surface area contributed by atoms with Gasteiger partial charge >= 0.3 is 0 Å². The van der Waals surface area contributed by atoms with Gasteiger partial charge in [-0.05, 0) is 19.4 Å². The van der Waals surface area contributed by atoms with Crippen LogP contribution in [0, 0.1) is 0 Å². The Labute approximate surface area is 87.6 Å². The lowest BCUT2D eigenvalue weighted by molar-refractivity contribution is 0.465. The van der Waals surface area contributed by atoms with Gasteiger partial charge in [0, 0.05) is 4.32 Å². The maximum absolute atomic E-state index is 5.51. The maximum Gasteiger partial charge on any atom is 0.0607 e. The third kappa shape index (κ3) is 2.79. The van der Waals surface area contributed by atoms with E-state index >= 15 is 0 Å². The van der Waals surface area contributed by atoms with Gasteiger partial charge in [0.1, 0.15) is 0 Å². The topological polar surface area (TPSA) is 38.0 Å². The molecule has 0 bridgehead atoms. The Morgan fingerprint density at radius 3 is 2.23 bits per heavy atom. The summed E-state index contributed by atoms with van der Waals surface area (Å²) in [6.07, 6.45) is 0. The van der Waals surface area contributed by atoms with E-state index in [4.69, 9.17) is 5.84 Å². The second kappa shape index (κ2) is 4.22. The highest BCUT2D eigenvalue weighted by atomic mass is 79.9. The summed E-state index contributed by atoms with van der Waals surface area (Å²) in [6.45, 7) is 4.18. The summed E-state index contributed by atoms with van der Waals surface area (Å²) < 4.78 is -0.0525. The van der Waals surface area contributed by atoms with Crippen molar-refractivity contribution in [2.24, 2.45) is 5.84 Å². The number of hydrogen-bond donors (Lipinski definition) is 2. The molecule has 0 heterocycles. The number of nitrogens with one attached hydrogen (secondary N) is 1.